The van der Waals surface area contributed by atoms with E-state index in [1.165, 1.54) is 0 Å². The molecule has 2 amide bonds. The minimum absolute atomic E-state index is 0.0287. The first-order valence-electron chi connectivity index (χ1n) is 6.52. The van der Waals surface area contributed by atoms with E-state index in [0.717, 1.165) is 17.7 Å². The van der Waals surface area contributed by atoms with Crippen molar-refractivity contribution in [2.75, 3.05) is 25.4 Å². The van der Waals surface area contributed by atoms with E-state index >= 15 is 0 Å². The monoisotopic (exact) mass is 312 g/mol. The van der Waals surface area contributed by atoms with Gasteiger partial charge in [0, 0.05) is 23.9 Å². The van der Waals surface area contributed by atoms with Gasteiger partial charge in [-0.05, 0) is 24.1 Å². The molecule has 4 nitrogen and oxygen atoms in total. The van der Waals surface area contributed by atoms with Crippen molar-refractivity contribution in [2.24, 2.45) is 0 Å². The molecule has 0 spiro atoms. The average Bonchev–Trinajstić information content (AvgIpc) is 2.65. The Labute approximate surface area is 127 Å². The zero-order chi connectivity index (χ0) is 14.4. The molecule has 1 saturated heterocycles. The van der Waals surface area contributed by atoms with Gasteiger partial charge in [0.25, 0.3) is 0 Å². The first-order valence-corrected chi connectivity index (χ1v) is 8.05. The Balaban J connectivity index is 1.76. The maximum absolute atomic E-state index is 12.0. The Kier molecular flexibility index (Phi) is 5.73. The second-order valence-electron chi connectivity index (χ2n) is 4.64. The zero-order valence-corrected chi connectivity index (χ0v) is 12.7. The summed E-state index contributed by atoms with van der Waals surface area (Å²) < 4.78 is 0. The molecule has 108 valence electrons. The second-order valence-corrected chi connectivity index (χ2v) is 6.06. The molecule has 0 unspecified atom stereocenters. The molecule has 0 atom stereocenters. The highest BCUT2D eigenvalue weighted by Gasteiger charge is 2.19. The molecule has 1 aliphatic rings. The van der Waals surface area contributed by atoms with E-state index < -0.39 is 0 Å². The minimum atomic E-state index is -0.0708. The van der Waals surface area contributed by atoms with Crippen molar-refractivity contribution in [2.45, 2.75) is 12.2 Å². The number of carbonyl (C=O) groups excluding carboxylic acids is 2. The predicted octanol–water partition coefficient (Wildman–Crippen LogP) is 1.92. The van der Waals surface area contributed by atoms with Crippen LogP contribution in [0.15, 0.2) is 24.3 Å². The molecule has 2 rings (SSSR count). The van der Waals surface area contributed by atoms with Crippen molar-refractivity contribution in [1.29, 1.82) is 0 Å². The number of hydrogen-bond donors (Lipinski definition) is 1. The maximum Gasteiger partial charge on any atom is 0.239 e. The highest BCUT2D eigenvalue weighted by Crippen LogP contribution is 2.16. The summed E-state index contributed by atoms with van der Waals surface area (Å²) in [6.45, 7) is 1.49. The molecule has 1 heterocycles. The fraction of sp³-hybridized carbons (Fsp3) is 0.429. The first kappa shape index (κ1) is 15.2. The van der Waals surface area contributed by atoms with E-state index in [9.17, 15) is 9.59 Å². The van der Waals surface area contributed by atoms with Crippen molar-refractivity contribution < 1.29 is 9.59 Å². The fourth-order valence-corrected chi connectivity index (χ4v) is 2.96. The molecular formula is C14H17ClN2O2S. The lowest BCUT2D eigenvalue weighted by atomic mass is 10.2. The summed E-state index contributed by atoms with van der Waals surface area (Å²) in [5, 5.41) is 3.48. The van der Waals surface area contributed by atoms with Gasteiger partial charge < -0.3 is 10.2 Å². The lowest BCUT2D eigenvalue weighted by Crippen LogP contribution is -2.38. The van der Waals surface area contributed by atoms with Crippen molar-refractivity contribution in [3.63, 3.8) is 0 Å². The molecule has 20 heavy (non-hydrogen) atoms. The molecular weight excluding hydrogens is 296 g/mol. The maximum atomic E-state index is 12.0. The third-order valence-electron chi connectivity index (χ3n) is 3.02. The number of rotatable bonds is 4. The van der Waals surface area contributed by atoms with Gasteiger partial charge in [-0.25, -0.2) is 0 Å². The van der Waals surface area contributed by atoms with Gasteiger partial charge in [0.15, 0.2) is 0 Å². The van der Waals surface area contributed by atoms with E-state index in [1.807, 2.05) is 24.3 Å². The molecule has 1 fully saturated rings. The molecule has 0 aliphatic carbocycles. The zero-order valence-electron chi connectivity index (χ0n) is 11.1. The van der Waals surface area contributed by atoms with Crippen LogP contribution in [0.1, 0.15) is 12.0 Å². The van der Waals surface area contributed by atoms with Gasteiger partial charge in [-0.15, -0.1) is 11.8 Å². The Morgan fingerprint density at radius 2 is 2.10 bits per heavy atom. The lowest BCUT2D eigenvalue weighted by molar-refractivity contribution is -0.133. The molecule has 0 saturated carbocycles. The predicted molar refractivity (Wildman–Crippen MR) is 81.8 cm³/mol. The van der Waals surface area contributed by atoms with Crippen LogP contribution in [0.4, 0.5) is 0 Å². The number of benzene rings is 1. The minimum Gasteiger partial charge on any atom is -0.354 e. The quantitative estimate of drug-likeness (QED) is 0.924. The summed E-state index contributed by atoms with van der Waals surface area (Å²) in [4.78, 5) is 25.1. The molecule has 1 N–H and O–H groups in total. The van der Waals surface area contributed by atoms with E-state index in [0.29, 0.717) is 23.9 Å². The SMILES string of the molecule is O=C1CN(C(=O)CSCc2ccc(Cl)cc2)CCCN1. The highest BCUT2D eigenvalue weighted by atomic mass is 35.5. The van der Waals surface area contributed by atoms with Crippen LogP contribution in [0.5, 0.6) is 0 Å². The van der Waals surface area contributed by atoms with Crippen LogP contribution in [0.2, 0.25) is 5.02 Å². The van der Waals surface area contributed by atoms with Crippen molar-refractivity contribution in [1.82, 2.24) is 10.2 Å². The normalized spacial score (nSPS) is 15.7. The Bertz CT molecular complexity index is 479. The lowest BCUT2D eigenvalue weighted by Gasteiger charge is -2.18. The largest absolute Gasteiger partial charge is 0.354 e. The van der Waals surface area contributed by atoms with Crippen LogP contribution in [-0.4, -0.2) is 42.1 Å². The summed E-state index contributed by atoms with van der Waals surface area (Å²) in [7, 11) is 0. The Morgan fingerprint density at radius 3 is 2.85 bits per heavy atom. The van der Waals surface area contributed by atoms with Gasteiger partial charge in [-0.2, -0.15) is 0 Å². The van der Waals surface area contributed by atoms with Crippen LogP contribution in [0.3, 0.4) is 0 Å². The van der Waals surface area contributed by atoms with Crippen LogP contribution in [-0.2, 0) is 15.3 Å². The molecule has 1 aliphatic heterocycles. The molecule has 0 bridgehead atoms. The van der Waals surface area contributed by atoms with Gasteiger partial charge in [0.1, 0.15) is 0 Å². The summed E-state index contributed by atoms with van der Waals surface area (Å²) in [5.74, 6) is 1.12. The number of carbonyl (C=O) groups is 2. The van der Waals surface area contributed by atoms with E-state index in [1.54, 1.807) is 16.7 Å². The molecule has 0 radical (unpaired) electrons. The average molecular weight is 313 g/mol. The van der Waals surface area contributed by atoms with Crippen molar-refractivity contribution >= 4 is 35.2 Å². The van der Waals surface area contributed by atoms with Gasteiger partial charge in [0.05, 0.1) is 12.3 Å². The van der Waals surface area contributed by atoms with Crippen LogP contribution in [0.25, 0.3) is 0 Å². The van der Waals surface area contributed by atoms with Gasteiger partial charge in [-0.1, -0.05) is 23.7 Å². The second kappa shape index (κ2) is 7.55. The Morgan fingerprint density at radius 1 is 1.35 bits per heavy atom. The van der Waals surface area contributed by atoms with Crippen LogP contribution in [0, 0.1) is 0 Å². The topological polar surface area (TPSA) is 49.4 Å². The van der Waals surface area contributed by atoms with Gasteiger partial charge in [0.2, 0.25) is 11.8 Å². The first-order chi connectivity index (χ1) is 9.65. The summed E-state index contributed by atoms with van der Waals surface area (Å²) in [6, 6.07) is 7.61. The third-order valence-corrected chi connectivity index (χ3v) is 4.26. The number of thioether (sulfide) groups is 1. The Hall–Kier alpha value is -1.20. The molecule has 1 aromatic carbocycles. The number of nitrogens with zero attached hydrogens (tertiary/aromatic N) is 1. The highest BCUT2D eigenvalue weighted by molar-refractivity contribution is 7.99. The van der Waals surface area contributed by atoms with Gasteiger partial charge in [-0.3, -0.25) is 9.59 Å². The van der Waals surface area contributed by atoms with Crippen LogP contribution >= 0.6 is 23.4 Å². The molecule has 6 heteroatoms. The van der Waals surface area contributed by atoms with E-state index in [4.69, 9.17) is 11.6 Å². The van der Waals surface area contributed by atoms with Gasteiger partial charge >= 0.3 is 0 Å². The molecule has 1 aromatic rings. The standard InChI is InChI=1S/C14H17ClN2O2S/c15-12-4-2-11(3-5-12)9-20-10-14(19)17-7-1-6-16-13(18)8-17/h2-5H,1,6-10H2,(H,16,18). The number of halogens is 1. The van der Waals surface area contributed by atoms with E-state index in [-0.39, 0.29) is 18.4 Å². The smallest absolute Gasteiger partial charge is 0.239 e. The molecule has 0 aromatic heterocycles. The summed E-state index contributed by atoms with van der Waals surface area (Å²) in [5.41, 5.74) is 1.14. The summed E-state index contributed by atoms with van der Waals surface area (Å²) >= 11 is 7.38. The van der Waals surface area contributed by atoms with Crippen molar-refractivity contribution in [3.8, 4) is 0 Å². The number of nitrogens with one attached hydrogen (secondary N) is 1. The third kappa shape index (κ3) is 4.72. The van der Waals surface area contributed by atoms with Crippen LogP contribution < -0.4 is 5.32 Å². The fourth-order valence-electron chi connectivity index (χ4n) is 1.95. The summed E-state index contributed by atoms with van der Waals surface area (Å²) in [6.07, 6.45) is 0.819. The number of amides is 2. The number of hydrogen-bond acceptors (Lipinski definition) is 3. The van der Waals surface area contributed by atoms with E-state index in [2.05, 4.69) is 5.32 Å². The van der Waals surface area contributed by atoms with Crippen molar-refractivity contribution in [3.05, 3.63) is 34.9 Å².